The smallest absolute Gasteiger partial charge is 0.326 e. The first-order chi connectivity index (χ1) is 10.1. The topological polar surface area (TPSA) is 179 Å². The molecule has 0 heterocycles. The number of aliphatic hydroxyl groups is 1. The van der Waals surface area contributed by atoms with Crippen molar-refractivity contribution < 1.29 is 34.5 Å². The monoisotopic (exact) mass is 319 g/mol. The van der Waals surface area contributed by atoms with E-state index in [1.54, 1.807) is 13.8 Å². The number of rotatable bonds is 9. The van der Waals surface area contributed by atoms with Gasteiger partial charge < -0.3 is 31.7 Å². The summed E-state index contributed by atoms with van der Waals surface area (Å²) in [7, 11) is 0. The molecule has 0 aromatic carbocycles. The number of hydrogen-bond donors (Lipinski definition) is 6. The minimum Gasteiger partial charge on any atom is -0.481 e. The van der Waals surface area contributed by atoms with Gasteiger partial charge in [-0.1, -0.05) is 13.8 Å². The van der Waals surface area contributed by atoms with Gasteiger partial charge in [0.1, 0.15) is 18.1 Å². The number of carboxylic acids is 2. The fourth-order valence-corrected chi connectivity index (χ4v) is 1.51. The van der Waals surface area contributed by atoms with Gasteiger partial charge in [-0.3, -0.25) is 14.4 Å². The third-order valence-corrected chi connectivity index (χ3v) is 2.77. The zero-order chi connectivity index (χ0) is 17.4. The summed E-state index contributed by atoms with van der Waals surface area (Å²) in [6.07, 6.45) is -0.796. The predicted octanol–water partition coefficient (Wildman–Crippen LogP) is -2.51. The van der Waals surface area contributed by atoms with E-state index < -0.39 is 60.8 Å². The van der Waals surface area contributed by atoms with Crippen molar-refractivity contribution in [3.05, 3.63) is 0 Å². The summed E-state index contributed by atoms with van der Waals surface area (Å²) in [4.78, 5) is 45.1. The van der Waals surface area contributed by atoms with Gasteiger partial charge in [-0.2, -0.15) is 0 Å². The van der Waals surface area contributed by atoms with Crippen LogP contribution in [-0.2, 0) is 19.2 Å². The molecule has 0 aliphatic rings. The van der Waals surface area contributed by atoms with Crippen LogP contribution in [0.25, 0.3) is 0 Å². The van der Waals surface area contributed by atoms with Crippen LogP contribution in [0.2, 0.25) is 0 Å². The second-order valence-corrected chi connectivity index (χ2v) is 5.02. The van der Waals surface area contributed by atoms with E-state index in [0.29, 0.717) is 0 Å². The van der Waals surface area contributed by atoms with E-state index in [1.807, 2.05) is 0 Å². The Labute approximate surface area is 126 Å². The predicted molar refractivity (Wildman–Crippen MR) is 73.6 cm³/mol. The van der Waals surface area contributed by atoms with Gasteiger partial charge in [0.05, 0.1) is 13.0 Å². The van der Waals surface area contributed by atoms with E-state index in [9.17, 15) is 19.2 Å². The van der Waals surface area contributed by atoms with E-state index >= 15 is 0 Å². The number of nitrogens with two attached hydrogens (primary N) is 1. The van der Waals surface area contributed by atoms with Gasteiger partial charge in [-0.05, 0) is 5.92 Å². The summed E-state index contributed by atoms with van der Waals surface area (Å²) in [5.41, 5.74) is 5.31. The van der Waals surface area contributed by atoms with Crippen molar-refractivity contribution in [1.82, 2.24) is 10.6 Å². The zero-order valence-corrected chi connectivity index (χ0v) is 12.3. The Morgan fingerprint density at radius 1 is 1.05 bits per heavy atom. The number of aliphatic carboxylic acids is 2. The highest BCUT2D eigenvalue weighted by molar-refractivity contribution is 5.92. The van der Waals surface area contributed by atoms with Crippen molar-refractivity contribution in [3.8, 4) is 0 Å². The Morgan fingerprint density at radius 2 is 1.59 bits per heavy atom. The van der Waals surface area contributed by atoms with Crippen LogP contribution in [0.3, 0.4) is 0 Å². The lowest BCUT2D eigenvalue weighted by Crippen LogP contribution is -2.57. The molecule has 0 saturated heterocycles. The Balaban J connectivity index is 4.95. The minimum atomic E-state index is -1.62. The molecule has 126 valence electrons. The van der Waals surface area contributed by atoms with E-state index in [0.717, 1.165) is 0 Å². The maximum absolute atomic E-state index is 12.0. The minimum absolute atomic E-state index is 0.408. The molecule has 0 spiro atoms. The normalized spacial score (nSPS) is 14.8. The molecule has 10 heteroatoms. The van der Waals surface area contributed by atoms with Gasteiger partial charge in [0.2, 0.25) is 11.8 Å². The third kappa shape index (κ3) is 6.50. The molecular weight excluding hydrogens is 298 g/mol. The second kappa shape index (κ2) is 8.95. The quantitative estimate of drug-likeness (QED) is 0.269. The summed E-state index contributed by atoms with van der Waals surface area (Å²) in [6.45, 7) is 2.58. The number of amides is 2. The SMILES string of the molecule is CC(C)[C@H](NC(=O)[C@@H](N)CO)C(=O)N[C@@H](CC(=O)O)C(=O)O. The Hall–Kier alpha value is -2.20. The molecule has 22 heavy (non-hydrogen) atoms. The van der Waals surface area contributed by atoms with Crippen molar-refractivity contribution in [2.45, 2.75) is 38.4 Å². The molecular formula is C12H21N3O7. The standard InChI is InChI=1S/C12H21N3O7/c1-5(2)9(15-10(19)6(13)4-16)11(20)14-7(12(21)22)3-8(17)18/h5-7,9,16H,3-4,13H2,1-2H3,(H,14,20)(H,15,19)(H,17,18)(H,21,22)/t6-,7-,9-/m0/s1. The first-order valence-corrected chi connectivity index (χ1v) is 6.51. The molecule has 0 fully saturated rings. The maximum Gasteiger partial charge on any atom is 0.326 e. The van der Waals surface area contributed by atoms with Crippen molar-refractivity contribution in [3.63, 3.8) is 0 Å². The van der Waals surface area contributed by atoms with Crippen LogP contribution in [0.1, 0.15) is 20.3 Å². The highest BCUT2D eigenvalue weighted by Crippen LogP contribution is 2.04. The van der Waals surface area contributed by atoms with Crippen LogP contribution in [0.5, 0.6) is 0 Å². The van der Waals surface area contributed by atoms with Gasteiger partial charge in [0.25, 0.3) is 0 Å². The summed E-state index contributed by atoms with van der Waals surface area (Å²) >= 11 is 0. The largest absolute Gasteiger partial charge is 0.481 e. The van der Waals surface area contributed by atoms with E-state index in [1.165, 1.54) is 0 Å². The first kappa shape index (κ1) is 19.8. The molecule has 3 atom stereocenters. The van der Waals surface area contributed by atoms with E-state index in [4.69, 9.17) is 21.1 Å². The molecule has 2 amide bonds. The number of nitrogens with one attached hydrogen (secondary N) is 2. The molecule has 10 nitrogen and oxygen atoms in total. The molecule has 0 aliphatic heterocycles. The molecule has 0 unspecified atom stereocenters. The molecule has 7 N–H and O–H groups in total. The van der Waals surface area contributed by atoms with Gasteiger partial charge in [-0.25, -0.2) is 4.79 Å². The second-order valence-electron chi connectivity index (χ2n) is 5.02. The summed E-state index contributed by atoms with van der Waals surface area (Å²) in [5.74, 6) is -4.92. The van der Waals surface area contributed by atoms with Crippen LogP contribution in [0.15, 0.2) is 0 Å². The van der Waals surface area contributed by atoms with Crippen LogP contribution in [0, 0.1) is 5.92 Å². The average molecular weight is 319 g/mol. The lowest BCUT2D eigenvalue weighted by atomic mass is 10.0. The summed E-state index contributed by atoms with van der Waals surface area (Å²) < 4.78 is 0. The van der Waals surface area contributed by atoms with Gasteiger partial charge >= 0.3 is 11.9 Å². The van der Waals surface area contributed by atoms with Crippen LogP contribution < -0.4 is 16.4 Å². The Bertz CT molecular complexity index is 438. The van der Waals surface area contributed by atoms with Crippen LogP contribution in [-0.4, -0.2) is 63.8 Å². The van der Waals surface area contributed by atoms with Crippen LogP contribution >= 0.6 is 0 Å². The third-order valence-electron chi connectivity index (χ3n) is 2.77. The molecule has 0 radical (unpaired) electrons. The molecule has 0 aliphatic carbocycles. The molecule has 0 aromatic heterocycles. The maximum atomic E-state index is 12.0. The molecule has 0 rings (SSSR count). The highest BCUT2D eigenvalue weighted by Gasteiger charge is 2.30. The number of carbonyl (C=O) groups excluding carboxylic acids is 2. The fourth-order valence-electron chi connectivity index (χ4n) is 1.51. The lowest BCUT2D eigenvalue weighted by molar-refractivity contribution is -0.147. The fraction of sp³-hybridized carbons (Fsp3) is 0.667. The summed E-state index contributed by atoms with van der Waals surface area (Å²) in [6, 6.07) is -3.95. The molecule has 0 bridgehead atoms. The number of aliphatic hydroxyl groups excluding tert-OH is 1. The Kier molecular flexibility index (Phi) is 8.05. The van der Waals surface area contributed by atoms with Crippen LogP contribution in [0.4, 0.5) is 0 Å². The summed E-state index contributed by atoms with van der Waals surface area (Å²) in [5, 5.41) is 30.6. The number of carbonyl (C=O) groups is 4. The van der Waals surface area contributed by atoms with Gasteiger partial charge in [-0.15, -0.1) is 0 Å². The lowest BCUT2D eigenvalue weighted by Gasteiger charge is -2.24. The van der Waals surface area contributed by atoms with E-state index in [2.05, 4.69) is 10.6 Å². The average Bonchev–Trinajstić information content (AvgIpc) is 2.41. The first-order valence-electron chi connectivity index (χ1n) is 6.51. The highest BCUT2D eigenvalue weighted by atomic mass is 16.4. The number of carboxylic acid groups (broad SMARTS) is 2. The van der Waals surface area contributed by atoms with Crippen molar-refractivity contribution in [2.75, 3.05) is 6.61 Å². The van der Waals surface area contributed by atoms with Crippen molar-refractivity contribution in [2.24, 2.45) is 11.7 Å². The van der Waals surface area contributed by atoms with E-state index in [-0.39, 0.29) is 0 Å². The Morgan fingerprint density at radius 3 is 1.95 bits per heavy atom. The zero-order valence-electron chi connectivity index (χ0n) is 12.3. The molecule has 0 saturated carbocycles. The van der Waals surface area contributed by atoms with Gasteiger partial charge in [0.15, 0.2) is 0 Å². The van der Waals surface area contributed by atoms with Gasteiger partial charge in [0, 0.05) is 0 Å². The number of hydrogen-bond acceptors (Lipinski definition) is 6. The molecule has 0 aromatic rings. The van der Waals surface area contributed by atoms with Crippen molar-refractivity contribution >= 4 is 23.8 Å². The van der Waals surface area contributed by atoms with Crippen molar-refractivity contribution in [1.29, 1.82) is 0 Å².